The van der Waals surface area contributed by atoms with Crippen molar-refractivity contribution in [3.63, 3.8) is 0 Å². The number of aromatic carboxylic acids is 1. The number of hydrogen-bond acceptors (Lipinski definition) is 5. The number of rotatable bonds is 6. The van der Waals surface area contributed by atoms with Gasteiger partial charge >= 0.3 is 5.97 Å². The zero-order valence-electron chi connectivity index (χ0n) is 9.97. The minimum Gasteiger partial charge on any atom is -0.476 e. The molecule has 1 unspecified atom stereocenters. The van der Waals surface area contributed by atoms with Gasteiger partial charge in [-0.1, -0.05) is 5.16 Å². The maximum absolute atomic E-state index is 11.6. The second-order valence-corrected chi connectivity index (χ2v) is 4.37. The first-order valence-corrected chi connectivity index (χ1v) is 5.79. The Morgan fingerprint density at radius 1 is 1.61 bits per heavy atom. The molecular weight excluding hydrogens is 238 g/mol. The number of carbonyl (C=O) groups excluding carboxylic acids is 1. The van der Waals surface area contributed by atoms with E-state index in [9.17, 15) is 9.59 Å². The van der Waals surface area contributed by atoms with E-state index in [4.69, 9.17) is 9.63 Å². The van der Waals surface area contributed by atoms with Crippen LogP contribution in [0.25, 0.3) is 0 Å². The SMILES string of the molecule is CC(NCc1cc(C(=O)O)no1)C(=O)NC1CC1. The molecule has 0 spiro atoms. The van der Waals surface area contributed by atoms with Crippen molar-refractivity contribution >= 4 is 11.9 Å². The van der Waals surface area contributed by atoms with E-state index < -0.39 is 5.97 Å². The van der Waals surface area contributed by atoms with E-state index >= 15 is 0 Å². The number of nitrogens with zero attached hydrogens (tertiary/aromatic N) is 1. The average Bonchev–Trinajstić information content (AvgIpc) is 3.00. The highest BCUT2D eigenvalue weighted by Gasteiger charge is 2.25. The van der Waals surface area contributed by atoms with Crippen LogP contribution in [0.2, 0.25) is 0 Å². The average molecular weight is 253 g/mol. The van der Waals surface area contributed by atoms with E-state index in [0.29, 0.717) is 11.8 Å². The summed E-state index contributed by atoms with van der Waals surface area (Å²) in [5, 5.41) is 17.9. The molecule has 1 saturated carbocycles. The first kappa shape index (κ1) is 12.6. The lowest BCUT2D eigenvalue weighted by Crippen LogP contribution is -2.42. The zero-order chi connectivity index (χ0) is 13.1. The Morgan fingerprint density at radius 3 is 2.89 bits per heavy atom. The molecule has 1 aromatic heterocycles. The molecule has 1 atom stereocenters. The largest absolute Gasteiger partial charge is 0.476 e. The lowest BCUT2D eigenvalue weighted by atomic mass is 10.3. The maximum atomic E-state index is 11.6. The number of nitrogens with one attached hydrogen (secondary N) is 2. The Balaban J connectivity index is 1.78. The van der Waals surface area contributed by atoms with Crippen molar-refractivity contribution in [2.24, 2.45) is 0 Å². The summed E-state index contributed by atoms with van der Waals surface area (Å²) < 4.78 is 4.82. The Labute approximate surface area is 104 Å². The molecule has 2 rings (SSSR count). The van der Waals surface area contributed by atoms with Gasteiger partial charge in [-0.2, -0.15) is 0 Å². The summed E-state index contributed by atoms with van der Waals surface area (Å²) in [5.74, 6) is -0.807. The highest BCUT2D eigenvalue weighted by atomic mass is 16.5. The van der Waals surface area contributed by atoms with Crippen molar-refractivity contribution in [2.45, 2.75) is 38.4 Å². The monoisotopic (exact) mass is 253 g/mol. The Bertz CT molecular complexity index is 453. The first-order valence-electron chi connectivity index (χ1n) is 5.79. The molecule has 7 nitrogen and oxygen atoms in total. The normalized spacial score (nSPS) is 16.3. The summed E-state index contributed by atoms with van der Waals surface area (Å²) in [7, 11) is 0. The predicted octanol–water partition coefficient (Wildman–Crippen LogP) is 0.130. The van der Waals surface area contributed by atoms with Crippen molar-refractivity contribution < 1.29 is 19.2 Å². The van der Waals surface area contributed by atoms with Crippen molar-refractivity contribution in [3.05, 3.63) is 17.5 Å². The van der Waals surface area contributed by atoms with Gasteiger partial charge in [-0.15, -0.1) is 0 Å². The first-order chi connectivity index (χ1) is 8.56. The van der Waals surface area contributed by atoms with E-state index in [1.54, 1.807) is 6.92 Å². The predicted molar refractivity (Wildman–Crippen MR) is 60.9 cm³/mol. The second-order valence-electron chi connectivity index (χ2n) is 4.37. The smallest absolute Gasteiger partial charge is 0.358 e. The molecule has 0 aromatic carbocycles. The standard InChI is InChI=1S/C11H15N3O4/c1-6(10(15)13-7-2-3-7)12-5-8-4-9(11(16)17)14-18-8/h4,6-7,12H,2-3,5H2,1H3,(H,13,15)(H,16,17). The highest BCUT2D eigenvalue weighted by Crippen LogP contribution is 2.18. The van der Waals surface area contributed by atoms with Crippen LogP contribution in [-0.2, 0) is 11.3 Å². The molecule has 0 bridgehead atoms. The molecule has 1 heterocycles. The molecule has 1 fully saturated rings. The maximum Gasteiger partial charge on any atom is 0.358 e. The van der Waals surface area contributed by atoms with Gasteiger partial charge in [0.15, 0.2) is 11.5 Å². The Kier molecular flexibility index (Phi) is 3.61. The second kappa shape index (κ2) is 5.18. The third-order valence-electron chi connectivity index (χ3n) is 2.68. The fourth-order valence-electron chi connectivity index (χ4n) is 1.40. The van der Waals surface area contributed by atoms with Gasteiger partial charge in [0.2, 0.25) is 5.91 Å². The van der Waals surface area contributed by atoms with E-state index in [1.165, 1.54) is 6.07 Å². The number of hydrogen-bond donors (Lipinski definition) is 3. The Morgan fingerprint density at radius 2 is 2.33 bits per heavy atom. The molecule has 18 heavy (non-hydrogen) atoms. The molecular formula is C11H15N3O4. The summed E-state index contributed by atoms with van der Waals surface area (Å²) >= 11 is 0. The van der Waals surface area contributed by atoms with Crippen molar-refractivity contribution in [1.29, 1.82) is 0 Å². The summed E-state index contributed by atoms with van der Waals surface area (Å²) in [6.07, 6.45) is 2.09. The van der Waals surface area contributed by atoms with Gasteiger partial charge < -0.3 is 14.9 Å². The van der Waals surface area contributed by atoms with Gasteiger partial charge in [0, 0.05) is 12.1 Å². The topological polar surface area (TPSA) is 104 Å². The van der Waals surface area contributed by atoms with Crippen molar-refractivity contribution in [1.82, 2.24) is 15.8 Å². The van der Waals surface area contributed by atoms with E-state index in [0.717, 1.165) is 12.8 Å². The summed E-state index contributed by atoms with van der Waals surface area (Å²) in [6.45, 7) is 2.01. The lowest BCUT2D eigenvalue weighted by Gasteiger charge is -2.12. The van der Waals surface area contributed by atoms with Crippen molar-refractivity contribution in [2.75, 3.05) is 0 Å². The summed E-state index contributed by atoms with van der Waals surface area (Å²) in [6, 6.07) is 1.30. The summed E-state index contributed by atoms with van der Waals surface area (Å²) in [4.78, 5) is 22.2. The van der Waals surface area contributed by atoms with Crippen LogP contribution in [0.4, 0.5) is 0 Å². The van der Waals surface area contributed by atoms with Crippen LogP contribution in [0, 0.1) is 0 Å². The van der Waals surface area contributed by atoms with E-state index in [2.05, 4.69) is 15.8 Å². The third kappa shape index (κ3) is 3.30. The van der Waals surface area contributed by atoms with Crippen LogP contribution in [0.3, 0.4) is 0 Å². The van der Waals surface area contributed by atoms with Crippen LogP contribution in [0.1, 0.15) is 36.0 Å². The number of carboxylic acid groups (broad SMARTS) is 1. The van der Waals surface area contributed by atoms with Gasteiger partial charge in [0.25, 0.3) is 0 Å². The molecule has 3 N–H and O–H groups in total. The zero-order valence-corrected chi connectivity index (χ0v) is 9.97. The van der Waals surface area contributed by atoms with Crippen LogP contribution in [-0.4, -0.2) is 34.2 Å². The van der Waals surface area contributed by atoms with Gasteiger partial charge in [-0.3, -0.25) is 10.1 Å². The van der Waals surface area contributed by atoms with Crippen LogP contribution >= 0.6 is 0 Å². The molecule has 98 valence electrons. The van der Waals surface area contributed by atoms with Gasteiger partial charge in [0.05, 0.1) is 12.6 Å². The van der Waals surface area contributed by atoms with Gasteiger partial charge in [-0.25, -0.2) is 4.79 Å². The molecule has 1 aliphatic carbocycles. The number of carbonyl (C=O) groups is 2. The van der Waals surface area contributed by atoms with Gasteiger partial charge in [0.1, 0.15) is 0 Å². The quantitative estimate of drug-likeness (QED) is 0.665. The minimum absolute atomic E-state index is 0.0597. The van der Waals surface area contributed by atoms with Crippen LogP contribution in [0.5, 0.6) is 0 Å². The van der Waals surface area contributed by atoms with Gasteiger partial charge in [-0.05, 0) is 19.8 Å². The number of carboxylic acids is 1. The summed E-state index contributed by atoms with van der Waals surface area (Å²) in [5.41, 5.74) is -0.137. The molecule has 1 aromatic rings. The highest BCUT2D eigenvalue weighted by molar-refractivity contribution is 5.85. The molecule has 7 heteroatoms. The minimum atomic E-state index is -1.13. The van der Waals surface area contributed by atoms with Crippen molar-refractivity contribution in [3.8, 4) is 0 Å². The van der Waals surface area contributed by atoms with E-state index in [-0.39, 0.29) is 24.2 Å². The van der Waals surface area contributed by atoms with Crippen LogP contribution < -0.4 is 10.6 Å². The Hall–Kier alpha value is -1.89. The lowest BCUT2D eigenvalue weighted by molar-refractivity contribution is -0.122. The number of amides is 1. The third-order valence-corrected chi connectivity index (χ3v) is 2.68. The molecule has 0 aliphatic heterocycles. The molecule has 1 aliphatic rings. The number of aromatic nitrogens is 1. The molecule has 0 saturated heterocycles. The fourth-order valence-corrected chi connectivity index (χ4v) is 1.40. The fraction of sp³-hybridized carbons (Fsp3) is 0.545. The van der Waals surface area contributed by atoms with Crippen LogP contribution in [0.15, 0.2) is 10.6 Å². The molecule has 1 amide bonds. The van der Waals surface area contributed by atoms with E-state index in [1.807, 2.05) is 0 Å². The molecule has 0 radical (unpaired) electrons.